The molecule has 0 aromatic carbocycles. The van der Waals surface area contributed by atoms with E-state index in [1.807, 2.05) is 0 Å². The van der Waals surface area contributed by atoms with E-state index in [9.17, 15) is 0 Å². The highest BCUT2D eigenvalue weighted by atomic mass is 16.5. The predicted octanol–water partition coefficient (Wildman–Crippen LogP) is 1.49. The van der Waals surface area contributed by atoms with Gasteiger partial charge in [0.25, 0.3) is 0 Å². The van der Waals surface area contributed by atoms with Crippen LogP contribution < -0.4 is 0 Å². The minimum Gasteiger partial charge on any atom is -0.504 e. The highest BCUT2D eigenvalue weighted by Crippen LogP contribution is 2.09. The lowest BCUT2D eigenvalue weighted by Gasteiger charge is -2.02. The molecule has 0 unspecified atom stereocenters. The molecule has 1 aliphatic rings. The molecule has 0 aromatic heterocycles. The summed E-state index contributed by atoms with van der Waals surface area (Å²) in [5, 5.41) is 8.76. The smallest absolute Gasteiger partial charge is 0.157 e. The Kier molecular flexibility index (Phi) is 1.08. The largest absolute Gasteiger partial charge is 0.504 e. The lowest BCUT2D eigenvalue weighted by atomic mass is 10.2. The highest BCUT2D eigenvalue weighted by molar-refractivity contribution is 5.32. The summed E-state index contributed by atoms with van der Waals surface area (Å²) in [6.45, 7) is 3.51. The van der Waals surface area contributed by atoms with Crippen molar-refractivity contribution in [2.75, 3.05) is 0 Å². The Morgan fingerprint density at radius 1 is 1.62 bits per heavy atom. The molecule has 1 aliphatic heterocycles. The Morgan fingerprint density at radius 3 is 2.75 bits per heavy atom. The Hall–Kier alpha value is -1.18. The number of ether oxygens (including phenoxy) is 1. The van der Waals surface area contributed by atoms with E-state index in [2.05, 4.69) is 11.3 Å². The lowest BCUT2D eigenvalue weighted by Crippen LogP contribution is -1.88. The number of rotatable bonds is 0. The molecular formula is C6H6O2. The predicted molar refractivity (Wildman–Crippen MR) is 30.1 cm³/mol. The molecule has 0 saturated heterocycles. The van der Waals surface area contributed by atoms with Gasteiger partial charge in [0.2, 0.25) is 0 Å². The Labute approximate surface area is 47.4 Å². The SMILES string of the molecule is C=C1C=COC=C1O. The minimum absolute atomic E-state index is 0.0903. The first-order chi connectivity index (χ1) is 3.80. The molecule has 0 atom stereocenters. The molecular weight excluding hydrogens is 104 g/mol. The van der Waals surface area contributed by atoms with Crippen molar-refractivity contribution < 1.29 is 9.84 Å². The maximum atomic E-state index is 8.76. The summed E-state index contributed by atoms with van der Waals surface area (Å²) in [4.78, 5) is 0. The number of allylic oxidation sites excluding steroid dienone is 1. The van der Waals surface area contributed by atoms with Crippen molar-refractivity contribution in [1.29, 1.82) is 0 Å². The van der Waals surface area contributed by atoms with Gasteiger partial charge in [0.1, 0.15) is 6.26 Å². The van der Waals surface area contributed by atoms with E-state index in [-0.39, 0.29) is 5.76 Å². The second kappa shape index (κ2) is 1.74. The number of hydrogen-bond acceptors (Lipinski definition) is 2. The average molecular weight is 110 g/mol. The summed E-state index contributed by atoms with van der Waals surface area (Å²) in [7, 11) is 0. The van der Waals surface area contributed by atoms with Crippen molar-refractivity contribution in [1.82, 2.24) is 0 Å². The van der Waals surface area contributed by atoms with Crippen LogP contribution in [0.3, 0.4) is 0 Å². The number of aliphatic hydroxyl groups excluding tert-OH is 1. The summed E-state index contributed by atoms with van der Waals surface area (Å²) in [5.41, 5.74) is 0.580. The summed E-state index contributed by atoms with van der Waals surface area (Å²) >= 11 is 0. The van der Waals surface area contributed by atoms with Crippen LogP contribution in [0.5, 0.6) is 0 Å². The van der Waals surface area contributed by atoms with Crippen LogP contribution in [-0.4, -0.2) is 5.11 Å². The van der Waals surface area contributed by atoms with Crippen LogP contribution in [0.15, 0.2) is 36.5 Å². The van der Waals surface area contributed by atoms with Gasteiger partial charge in [-0.15, -0.1) is 0 Å². The molecule has 0 fully saturated rings. The molecule has 0 amide bonds. The molecule has 0 radical (unpaired) electrons. The third-order valence-corrected chi connectivity index (χ3v) is 0.856. The molecule has 1 rings (SSSR count). The fraction of sp³-hybridized carbons (Fsp3) is 0. The fourth-order valence-corrected chi connectivity index (χ4v) is 0.386. The molecule has 2 heteroatoms. The normalized spacial score (nSPS) is 17.5. The molecule has 0 spiro atoms. The Morgan fingerprint density at radius 2 is 2.38 bits per heavy atom. The quantitative estimate of drug-likeness (QED) is 0.511. The second-order valence-corrected chi connectivity index (χ2v) is 1.47. The molecule has 0 aliphatic carbocycles. The maximum Gasteiger partial charge on any atom is 0.157 e. The van der Waals surface area contributed by atoms with Crippen LogP contribution in [-0.2, 0) is 4.74 Å². The van der Waals surface area contributed by atoms with Gasteiger partial charge >= 0.3 is 0 Å². The first kappa shape index (κ1) is 4.97. The summed E-state index contributed by atoms with van der Waals surface area (Å²) < 4.78 is 4.60. The third-order valence-electron chi connectivity index (χ3n) is 0.856. The molecule has 0 aromatic rings. The van der Waals surface area contributed by atoms with Crippen molar-refractivity contribution in [2.24, 2.45) is 0 Å². The lowest BCUT2D eigenvalue weighted by molar-refractivity contribution is 0.335. The molecule has 8 heavy (non-hydrogen) atoms. The summed E-state index contributed by atoms with van der Waals surface area (Å²) in [6, 6.07) is 0. The van der Waals surface area contributed by atoms with E-state index in [4.69, 9.17) is 5.11 Å². The molecule has 1 heterocycles. The Bertz CT molecular complexity index is 165. The second-order valence-electron chi connectivity index (χ2n) is 1.47. The topological polar surface area (TPSA) is 29.5 Å². The van der Waals surface area contributed by atoms with Crippen LogP contribution in [0.2, 0.25) is 0 Å². The van der Waals surface area contributed by atoms with E-state index in [0.29, 0.717) is 5.57 Å². The van der Waals surface area contributed by atoms with Gasteiger partial charge in [0, 0.05) is 5.57 Å². The highest BCUT2D eigenvalue weighted by Gasteiger charge is 1.98. The van der Waals surface area contributed by atoms with Crippen LogP contribution in [0.4, 0.5) is 0 Å². The zero-order chi connectivity index (χ0) is 5.98. The van der Waals surface area contributed by atoms with Gasteiger partial charge in [-0.05, 0) is 6.08 Å². The fourth-order valence-electron chi connectivity index (χ4n) is 0.386. The zero-order valence-corrected chi connectivity index (χ0v) is 4.29. The first-order valence-corrected chi connectivity index (χ1v) is 2.21. The van der Waals surface area contributed by atoms with E-state index < -0.39 is 0 Å². The van der Waals surface area contributed by atoms with E-state index in [1.54, 1.807) is 6.08 Å². The van der Waals surface area contributed by atoms with Crippen LogP contribution in [0, 0.1) is 0 Å². The number of hydrogen-bond donors (Lipinski definition) is 1. The minimum atomic E-state index is 0.0903. The monoisotopic (exact) mass is 110 g/mol. The van der Waals surface area contributed by atoms with Gasteiger partial charge in [0.05, 0.1) is 6.26 Å². The summed E-state index contributed by atoms with van der Waals surface area (Å²) in [6.07, 6.45) is 4.29. The first-order valence-electron chi connectivity index (χ1n) is 2.21. The van der Waals surface area contributed by atoms with Crippen molar-refractivity contribution in [2.45, 2.75) is 0 Å². The van der Waals surface area contributed by atoms with Crippen molar-refractivity contribution in [3.05, 3.63) is 36.5 Å². The van der Waals surface area contributed by atoms with Gasteiger partial charge in [-0.25, -0.2) is 0 Å². The van der Waals surface area contributed by atoms with E-state index >= 15 is 0 Å². The Balaban J connectivity index is 2.78. The van der Waals surface area contributed by atoms with Crippen LogP contribution in [0.25, 0.3) is 0 Å². The van der Waals surface area contributed by atoms with E-state index in [1.165, 1.54) is 12.5 Å². The van der Waals surface area contributed by atoms with E-state index in [0.717, 1.165) is 0 Å². The molecule has 2 nitrogen and oxygen atoms in total. The van der Waals surface area contributed by atoms with Crippen LogP contribution >= 0.6 is 0 Å². The van der Waals surface area contributed by atoms with Gasteiger partial charge in [0.15, 0.2) is 5.76 Å². The molecule has 0 saturated carbocycles. The standard InChI is InChI=1S/C6H6O2/c1-5-2-3-8-4-6(5)7/h2-4,7H,1H2. The maximum absolute atomic E-state index is 8.76. The van der Waals surface area contributed by atoms with Crippen molar-refractivity contribution in [3.8, 4) is 0 Å². The zero-order valence-electron chi connectivity index (χ0n) is 4.29. The average Bonchev–Trinajstić information content (AvgIpc) is 1.77. The molecule has 42 valence electrons. The third kappa shape index (κ3) is 0.729. The summed E-state index contributed by atoms with van der Waals surface area (Å²) in [5.74, 6) is 0.0903. The van der Waals surface area contributed by atoms with Gasteiger partial charge < -0.3 is 9.84 Å². The van der Waals surface area contributed by atoms with Gasteiger partial charge in [-0.1, -0.05) is 6.58 Å². The van der Waals surface area contributed by atoms with Crippen LogP contribution in [0.1, 0.15) is 0 Å². The molecule has 1 N–H and O–H groups in total. The number of aliphatic hydroxyl groups is 1. The van der Waals surface area contributed by atoms with Gasteiger partial charge in [-0.3, -0.25) is 0 Å². The van der Waals surface area contributed by atoms with Gasteiger partial charge in [-0.2, -0.15) is 0 Å². The van der Waals surface area contributed by atoms with Crippen molar-refractivity contribution in [3.63, 3.8) is 0 Å². The van der Waals surface area contributed by atoms with Crippen molar-refractivity contribution >= 4 is 0 Å². The molecule has 0 bridgehead atoms.